The number of fused-ring (bicyclic) bond motifs is 1. The van der Waals surface area contributed by atoms with Crippen molar-refractivity contribution in [1.82, 2.24) is 14.2 Å². The van der Waals surface area contributed by atoms with Gasteiger partial charge in [0.05, 0.1) is 16.6 Å². The van der Waals surface area contributed by atoms with Gasteiger partial charge in [-0.1, -0.05) is 42.3 Å². The summed E-state index contributed by atoms with van der Waals surface area (Å²) in [7, 11) is 0. The zero-order chi connectivity index (χ0) is 15.0. The van der Waals surface area contributed by atoms with Crippen molar-refractivity contribution in [1.29, 1.82) is 0 Å². The van der Waals surface area contributed by atoms with Gasteiger partial charge in [-0.25, -0.2) is 9.48 Å². The number of hydrogen-bond donors (Lipinski definition) is 0. The summed E-state index contributed by atoms with van der Waals surface area (Å²) in [6.45, 7) is 2.41. The summed E-state index contributed by atoms with van der Waals surface area (Å²) in [5, 5.41) is 5.29. The van der Waals surface area contributed by atoms with Gasteiger partial charge in [0.1, 0.15) is 0 Å². The van der Waals surface area contributed by atoms with Crippen LogP contribution in [-0.2, 0) is 13.0 Å². The number of pyridine rings is 1. The first-order valence-corrected chi connectivity index (χ1v) is 7.36. The Morgan fingerprint density at radius 1 is 1.10 bits per heavy atom. The molecule has 0 fully saturated rings. The molecular weight excluding hydrogens is 309 g/mol. The van der Waals surface area contributed by atoms with Gasteiger partial charge < -0.3 is 0 Å². The largest absolute Gasteiger partial charge is 0.350 e. The minimum atomic E-state index is -0.161. The number of aromatic nitrogens is 3. The van der Waals surface area contributed by atoms with Crippen LogP contribution in [-0.4, -0.2) is 14.2 Å². The minimum Gasteiger partial charge on any atom is -0.250 e. The van der Waals surface area contributed by atoms with Crippen LogP contribution in [0.25, 0.3) is 5.65 Å². The topological polar surface area (TPSA) is 39.3 Å². The van der Waals surface area contributed by atoms with Gasteiger partial charge in [0.25, 0.3) is 0 Å². The maximum Gasteiger partial charge on any atom is 0.350 e. The molecule has 0 saturated heterocycles. The van der Waals surface area contributed by atoms with Crippen LogP contribution in [0.1, 0.15) is 18.1 Å². The first kappa shape index (κ1) is 14.2. The molecule has 0 atom stereocenters. The Kier molecular flexibility index (Phi) is 3.74. The molecule has 3 rings (SSSR count). The molecule has 0 spiro atoms. The predicted octanol–water partition coefficient (Wildman–Crippen LogP) is 3.41. The number of nitrogens with zero attached hydrogens (tertiary/aromatic N) is 3. The lowest BCUT2D eigenvalue weighted by Gasteiger charge is -2.02. The molecule has 0 saturated carbocycles. The second-order valence-electron chi connectivity index (χ2n) is 4.81. The summed E-state index contributed by atoms with van der Waals surface area (Å²) in [6, 6.07) is 9.13. The Morgan fingerprint density at radius 2 is 1.86 bits per heavy atom. The van der Waals surface area contributed by atoms with Crippen LogP contribution < -0.4 is 5.69 Å². The fourth-order valence-electron chi connectivity index (χ4n) is 2.19. The van der Waals surface area contributed by atoms with Crippen molar-refractivity contribution in [3.05, 3.63) is 68.2 Å². The molecule has 4 nitrogen and oxygen atoms in total. The zero-order valence-electron chi connectivity index (χ0n) is 11.4. The number of hydrogen-bond acceptors (Lipinski definition) is 2. The smallest absolute Gasteiger partial charge is 0.250 e. The maximum absolute atomic E-state index is 12.4. The number of halogens is 2. The molecule has 0 amide bonds. The van der Waals surface area contributed by atoms with Gasteiger partial charge in [0.15, 0.2) is 5.65 Å². The lowest BCUT2D eigenvalue weighted by molar-refractivity contribution is 0.658. The monoisotopic (exact) mass is 321 g/mol. The highest BCUT2D eigenvalue weighted by atomic mass is 35.5. The van der Waals surface area contributed by atoms with E-state index < -0.39 is 0 Å². The Hall–Kier alpha value is -1.78. The van der Waals surface area contributed by atoms with Crippen molar-refractivity contribution in [2.75, 3.05) is 0 Å². The van der Waals surface area contributed by atoms with Gasteiger partial charge in [-0.15, -0.1) is 5.10 Å². The first-order chi connectivity index (χ1) is 10.1. The molecule has 0 aliphatic rings. The molecule has 2 heterocycles. The molecule has 3 aromatic rings. The highest BCUT2D eigenvalue weighted by Crippen LogP contribution is 2.22. The van der Waals surface area contributed by atoms with E-state index in [1.807, 2.05) is 31.3 Å². The van der Waals surface area contributed by atoms with Crippen molar-refractivity contribution in [3.63, 3.8) is 0 Å². The fourth-order valence-corrected chi connectivity index (χ4v) is 2.51. The summed E-state index contributed by atoms with van der Waals surface area (Å²) in [6.07, 6.45) is 2.70. The van der Waals surface area contributed by atoms with E-state index >= 15 is 0 Å². The lowest BCUT2D eigenvalue weighted by atomic mass is 10.2. The summed E-state index contributed by atoms with van der Waals surface area (Å²) in [5.74, 6) is 0. The van der Waals surface area contributed by atoms with E-state index in [2.05, 4.69) is 5.10 Å². The van der Waals surface area contributed by atoms with Gasteiger partial charge in [0.2, 0.25) is 0 Å². The molecule has 0 radical (unpaired) electrons. The molecule has 0 aliphatic heterocycles. The van der Waals surface area contributed by atoms with E-state index in [1.54, 1.807) is 16.5 Å². The molecule has 6 heteroatoms. The van der Waals surface area contributed by atoms with Crippen LogP contribution in [0, 0.1) is 0 Å². The number of benzene rings is 1. The Morgan fingerprint density at radius 3 is 2.57 bits per heavy atom. The van der Waals surface area contributed by atoms with E-state index in [0.717, 1.165) is 17.5 Å². The second kappa shape index (κ2) is 5.54. The van der Waals surface area contributed by atoms with E-state index in [1.165, 1.54) is 4.68 Å². The van der Waals surface area contributed by atoms with Crippen molar-refractivity contribution < 1.29 is 0 Å². The summed E-state index contributed by atoms with van der Waals surface area (Å²) in [5.41, 5.74) is 2.45. The molecule has 0 N–H and O–H groups in total. The zero-order valence-corrected chi connectivity index (χ0v) is 12.9. The molecule has 2 aromatic heterocycles. The number of aryl methyl sites for hydroxylation is 1. The molecule has 0 aliphatic carbocycles. The molecule has 0 unspecified atom stereocenters. The Labute approximate surface area is 131 Å². The summed E-state index contributed by atoms with van der Waals surface area (Å²) in [4.78, 5) is 12.4. The Balaban J connectivity index is 2.02. The molecular formula is C15H13Cl2N3O. The van der Waals surface area contributed by atoms with Gasteiger partial charge in [0, 0.05) is 6.20 Å². The summed E-state index contributed by atoms with van der Waals surface area (Å²) >= 11 is 11.9. The van der Waals surface area contributed by atoms with Crippen molar-refractivity contribution in [2.24, 2.45) is 0 Å². The lowest BCUT2D eigenvalue weighted by Crippen LogP contribution is -2.21. The average Bonchev–Trinajstić information content (AvgIpc) is 2.79. The quantitative estimate of drug-likeness (QED) is 0.741. The minimum absolute atomic E-state index is 0.161. The third-order valence-corrected chi connectivity index (χ3v) is 4.10. The maximum atomic E-state index is 12.4. The highest BCUT2D eigenvalue weighted by molar-refractivity contribution is 6.42. The highest BCUT2D eigenvalue weighted by Gasteiger charge is 2.08. The number of rotatable bonds is 3. The SMILES string of the molecule is CCc1ccc2nn(Cc3ccc(Cl)c(Cl)c3)c(=O)n2c1. The predicted molar refractivity (Wildman–Crippen MR) is 84.4 cm³/mol. The normalized spacial score (nSPS) is 11.2. The Bertz CT molecular complexity index is 867. The van der Waals surface area contributed by atoms with Crippen molar-refractivity contribution in [3.8, 4) is 0 Å². The third-order valence-electron chi connectivity index (χ3n) is 3.36. The van der Waals surface area contributed by atoms with Crippen LogP contribution in [0.5, 0.6) is 0 Å². The van der Waals surface area contributed by atoms with Crippen LogP contribution in [0.4, 0.5) is 0 Å². The van der Waals surface area contributed by atoms with Gasteiger partial charge in [-0.3, -0.25) is 4.40 Å². The van der Waals surface area contributed by atoms with Crippen LogP contribution in [0.3, 0.4) is 0 Å². The van der Waals surface area contributed by atoms with Crippen molar-refractivity contribution in [2.45, 2.75) is 19.9 Å². The second-order valence-corrected chi connectivity index (χ2v) is 5.62. The summed E-state index contributed by atoms with van der Waals surface area (Å²) < 4.78 is 2.99. The van der Waals surface area contributed by atoms with Crippen molar-refractivity contribution >= 4 is 28.8 Å². The van der Waals surface area contributed by atoms with E-state index in [4.69, 9.17) is 23.2 Å². The van der Waals surface area contributed by atoms with E-state index in [0.29, 0.717) is 22.2 Å². The fraction of sp³-hybridized carbons (Fsp3) is 0.200. The van der Waals surface area contributed by atoms with Gasteiger partial charge in [-0.05, 0) is 35.7 Å². The van der Waals surface area contributed by atoms with E-state index in [9.17, 15) is 4.79 Å². The molecule has 0 bridgehead atoms. The van der Waals surface area contributed by atoms with Gasteiger partial charge in [-0.2, -0.15) is 0 Å². The third kappa shape index (κ3) is 2.69. The van der Waals surface area contributed by atoms with Crippen LogP contribution in [0.15, 0.2) is 41.3 Å². The van der Waals surface area contributed by atoms with E-state index in [-0.39, 0.29) is 5.69 Å². The standard InChI is InChI=1S/C15H13Cl2N3O/c1-2-10-4-6-14-18-20(15(21)19(14)8-10)9-11-3-5-12(16)13(17)7-11/h3-8H,2,9H2,1H3. The van der Waals surface area contributed by atoms with Crippen LogP contribution >= 0.6 is 23.2 Å². The first-order valence-electron chi connectivity index (χ1n) is 6.60. The molecule has 1 aromatic carbocycles. The molecule has 108 valence electrons. The molecule has 21 heavy (non-hydrogen) atoms. The average molecular weight is 322 g/mol. The van der Waals surface area contributed by atoms with Gasteiger partial charge >= 0.3 is 5.69 Å². The van der Waals surface area contributed by atoms with Crippen LogP contribution in [0.2, 0.25) is 10.0 Å².